The summed E-state index contributed by atoms with van der Waals surface area (Å²) in [7, 11) is 0.204. The van der Waals surface area contributed by atoms with Crippen molar-refractivity contribution in [2.75, 3.05) is 40.3 Å². The van der Waals surface area contributed by atoms with E-state index in [1.165, 1.54) is 4.31 Å². The van der Waals surface area contributed by atoms with Gasteiger partial charge in [0, 0.05) is 39.1 Å². The highest BCUT2D eigenvalue weighted by Crippen LogP contribution is 2.24. The fourth-order valence-corrected chi connectivity index (χ4v) is 4.28. The summed E-state index contributed by atoms with van der Waals surface area (Å²) in [6.07, 6.45) is 1.16. The van der Waals surface area contributed by atoms with E-state index in [-0.39, 0.29) is 24.2 Å². The summed E-state index contributed by atoms with van der Waals surface area (Å²) in [5, 5.41) is 3.02. The highest BCUT2D eigenvalue weighted by molar-refractivity contribution is 7.89. The van der Waals surface area contributed by atoms with Gasteiger partial charge in [0.05, 0.1) is 4.90 Å². The molecule has 1 amide bonds. The zero-order valence-electron chi connectivity index (χ0n) is 14.1. The molecule has 1 aliphatic heterocycles. The zero-order chi connectivity index (χ0) is 16.9. The third-order valence-electron chi connectivity index (χ3n) is 4.26. The number of sulfonamides is 1. The Balaban J connectivity index is 0.00000288. The normalized spacial score (nSPS) is 16.4. The lowest BCUT2D eigenvalue weighted by molar-refractivity contribution is -0.135. The molecule has 0 spiro atoms. The van der Waals surface area contributed by atoms with Crippen molar-refractivity contribution in [1.82, 2.24) is 14.5 Å². The van der Waals surface area contributed by atoms with Crippen molar-refractivity contribution in [3.63, 3.8) is 0 Å². The van der Waals surface area contributed by atoms with Crippen LogP contribution < -0.4 is 5.32 Å². The van der Waals surface area contributed by atoms with Crippen LogP contribution in [-0.4, -0.2) is 63.8 Å². The number of hydrogen-bond acceptors (Lipinski definition) is 4. The van der Waals surface area contributed by atoms with Crippen molar-refractivity contribution in [2.24, 2.45) is 5.92 Å². The third kappa shape index (κ3) is 4.92. The van der Waals surface area contributed by atoms with E-state index in [9.17, 15) is 13.2 Å². The molecule has 2 rings (SSSR count). The second kappa shape index (κ2) is 9.36. The second-order valence-electron chi connectivity index (χ2n) is 5.85. The van der Waals surface area contributed by atoms with E-state index in [2.05, 4.69) is 5.32 Å². The van der Waals surface area contributed by atoms with Crippen LogP contribution in [0, 0.1) is 5.92 Å². The number of likely N-dealkylation sites (N-methyl/N-ethyl adjacent to an activating group) is 2. The Bertz CT molecular complexity index is 617. The maximum atomic E-state index is 12.6. The van der Waals surface area contributed by atoms with E-state index in [1.807, 2.05) is 7.05 Å². The first kappa shape index (κ1) is 20.9. The van der Waals surface area contributed by atoms with Crippen LogP contribution in [0.4, 0.5) is 0 Å². The molecular formula is C16H26ClN3O3S. The molecule has 0 radical (unpaired) electrons. The predicted molar refractivity (Wildman–Crippen MR) is 96.7 cm³/mol. The molecule has 24 heavy (non-hydrogen) atoms. The molecule has 0 bridgehead atoms. The molecule has 1 saturated heterocycles. The standard InChI is InChI=1S/C16H25N3O3S.ClH/c1-17-10-13-18(2)16(20)14-8-11-19(12-9-14)23(21,22)15-6-4-3-5-7-15;/h3-7,14,17H,8-13H2,1-2H3;1H. The molecule has 1 fully saturated rings. The first-order chi connectivity index (χ1) is 11.0. The van der Waals surface area contributed by atoms with Crippen molar-refractivity contribution in [1.29, 1.82) is 0 Å². The van der Waals surface area contributed by atoms with Gasteiger partial charge in [-0.1, -0.05) is 18.2 Å². The highest BCUT2D eigenvalue weighted by Gasteiger charge is 2.32. The summed E-state index contributed by atoms with van der Waals surface area (Å²) >= 11 is 0. The molecule has 0 aromatic heterocycles. The van der Waals surface area contributed by atoms with E-state index in [1.54, 1.807) is 42.3 Å². The molecule has 8 heteroatoms. The van der Waals surface area contributed by atoms with Crippen LogP contribution in [0.15, 0.2) is 35.2 Å². The number of carbonyl (C=O) groups is 1. The number of rotatable bonds is 6. The number of halogens is 1. The van der Waals surface area contributed by atoms with E-state index < -0.39 is 10.0 Å². The van der Waals surface area contributed by atoms with Crippen LogP contribution in [-0.2, 0) is 14.8 Å². The summed E-state index contributed by atoms with van der Waals surface area (Å²) in [5.74, 6) is 0.0242. The summed E-state index contributed by atoms with van der Waals surface area (Å²) in [6, 6.07) is 8.46. The average molecular weight is 376 g/mol. The fourth-order valence-electron chi connectivity index (χ4n) is 2.79. The number of nitrogens with one attached hydrogen (secondary N) is 1. The van der Waals surface area contributed by atoms with Gasteiger partial charge in [0.2, 0.25) is 15.9 Å². The van der Waals surface area contributed by atoms with E-state index in [0.717, 1.165) is 6.54 Å². The van der Waals surface area contributed by atoms with E-state index in [4.69, 9.17) is 0 Å². The average Bonchev–Trinajstić information content (AvgIpc) is 2.59. The van der Waals surface area contributed by atoms with Gasteiger partial charge in [-0.15, -0.1) is 12.4 Å². The highest BCUT2D eigenvalue weighted by atomic mass is 35.5. The van der Waals surface area contributed by atoms with Crippen molar-refractivity contribution in [3.8, 4) is 0 Å². The topological polar surface area (TPSA) is 69.7 Å². The number of benzene rings is 1. The lowest BCUT2D eigenvalue weighted by atomic mass is 9.97. The van der Waals surface area contributed by atoms with Crippen molar-refractivity contribution in [3.05, 3.63) is 30.3 Å². The molecule has 0 saturated carbocycles. The molecule has 0 unspecified atom stereocenters. The van der Waals surface area contributed by atoms with E-state index in [0.29, 0.717) is 37.4 Å². The van der Waals surface area contributed by atoms with Gasteiger partial charge in [0.1, 0.15) is 0 Å². The van der Waals surface area contributed by atoms with Gasteiger partial charge in [0.15, 0.2) is 0 Å². The number of piperidine rings is 1. The maximum Gasteiger partial charge on any atom is 0.243 e. The van der Waals surface area contributed by atoms with Crippen LogP contribution in [0.3, 0.4) is 0 Å². The Morgan fingerprint density at radius 3 is 2.38 bits per heavy atom. The Hall–Kier alpha value is -1.15. The monoisotopic (exact) mass is 375 g/mol. The smallest absolute Gasteiger partial charge is 0.243 e. The van der Waals surface area contributed by atoms with Gasteiger partial charge >= 0.3 is 0 Å². The summed E-state index contributed by atoms with van der Waals surface area (Å²) in [4.78, 5) is 14.4. The minimum atomic E-state index is -3.45. The molecule has 1 N–H and O–H groups in total. The predicted octanol–water partition coefficient (Wildman–Crippen LogP) is 1.19. The van der Waals surface area contributed by atoms with Crippen LogP contribution in [0.2, 0.25) is 0 Å². The number of amides is 1. The van der Waals surface area contributed by atoms with E-state index >= 15 is 0 Å². The largest absolute Gasteiger partial charge is 0.344 e. The minimum Gasteiger partial charge on any atom is -0.344 e. The van der Waals surface area contributed by atoms with Crippen molar-refractivity contribution < 1.29 is 13.2 Å². The summed E-state index contributed by atoms with van der Waals surface area (Å²) < 4.78 is 26.6. The van der Waals surface area contributed by atoms with Gasteiger partial charge in [0.25, 0.3) is 0 Å². The molecule has 1 aliphatic rings. The Morgan fingerprint density at radius 2 is 1.83 bits per heavy atom. The molecule has 1 aromatic carbocycles. The van der Waals surface area contributed by atoms with Crippen LogP contribution in [0.1, 0.15) is 12.8 Å². The SMILES string of the molecule is CNCCN(C)C(=O)C1CCN(S(=O)(=O)c2ccccc2)CC1.Cl. The van der Waals surface area contributed by atoms with Crippen molar-refractivity contribution in [2.45, 2.75) is 17.7 Å². The Labute approximate surface area is 150 Å². The molecule has 0 atom stereocenters. The lowest BCUT2D eigenvalue weighted by Crippen LogP contribution is -2.44. The lowest BCUT2D eigenvalue weighted by Gasteiger charge is -2.32. The molecule has 1 heterocycles. The van der Waals surface area contributed by atoms with Crippen LogP contribution in [0.5, 0.6) is 0 Å². The van der Waals surface area contributed by atoms with Crippen molar-refractivity contribution >= 4 is 28.3 Å². The van der Waals surface area contributed by atoms with Gasteiger partial charge in [-0.2, -0.15) is 4.31 Å². The third-order valence-corrected chi connectivity index (χ3v) is 6.17. The fraction of sp³-hybridized carbons (Fsp3) is 0.562. The second-order valence-corrected chi connectivity index (χ2v) is 7.79. The zero-order valence-corrected chi connectivity index (χ0v) is 15.8. The minimum absolute atomic E-state index is 0. The maximum absolute atomic E-state index is 12.6. The number of hydrogen-bond donors (Lipinski definition) is 1. The molecule has 1 aromatic rings. The van der Waals surface area contributed by atoms with Gasteiger partial charge in [-0.25, -0.2) is 8.42 Å². The quantitative estimate of drug-likeness (QED) is 0.810. The molecule has 6 nitrogen and oxygen atoms in total. The Kier molecular flexibility index (Phi) is 8.15. The molecular weight excluding hydrogens is 350 g/mol. The van der Waals surface area contributed by atoms with Crippen LogP contribution in [0.25, 0.3) is 0 Å². The van der Waals surface area contributed by atoms with Gasteiger partial charge < -0.3 is 10.2 Å². The summed E-state index contributed by atoms with van der Waals surface area (Å²) in [6.45, 7) is 2.21. The van der Waals surface area contributed by atoms with Crippen LogP contribution >= 0.6 is 12.4 Å². The Morgan fingerprint density at radius 1 is 1.25 bits per heavy atom. The van der Waals surface area contributed by atoms with Gasteiger partial charge in [-0.3, -0.25) is 4.79 Å². The molecule has 136 valence electrons. The number of carbonyl (C=O) groups excluding carboxylic acids is 1. The summed E-state index contributed by atoms with van der Waals surface area (Å²) in [5.41, 5.74) is 0. The first-order valence-corrected chi connectivity index (χ1v) is 9.35. The first-order valence-electron chi connectivity index (χ1n) is 7.91. The molecule has 0 aliphatic carbocycles. The van der Waals surface area contributed by atoms with Gasteiger partial charge in [-0.05, 0) is 32.0 Å². The number of nitrogens with zero attached hydrogens (tertiary/aromatic N) is 2.